The van der Waals surface area contributed by atoms with Crippen molar-refractivity contribution in [2.24, 2.45) is 4.99 Å². The van der Waals surface area contributed by atoms with Crippen molar-refractivity contribution in [2.45, 2.75) is 19.8 Å². The molecule has 3 nitrogen and oxygen atoms in total. The molecule has 0 N–H and O–H groups in total. The van der Waals surface area contributed by atoms with Crippen LogP contribution in [-0.4, -0.2) is 26.2 Å². The highest BCUT2D eigenvalue weighted by atomic mass is 79.9. The summed E-state index contributed by atoms with van der Waals surface area (Å²) in [5.41, 5.74) is 1.50. The van der Waals surface area contributed by atoms with Gasteiger partial charge in [-0.1, -0.05) is 15.9 Å². The molecular weight excluding hydrogens is 289 g/mol. The minimum Gasteiger partial charge on any atom is -0.351 e. The highest BCUT2D eigenvalue weighted by Gasteiger charge is 2.09. The van der Waals surface area contributed by atoms with E-state index in [0.29, 0.717) is 12.3 Å². The van der Waals surface area contributed by atoms with E-state index in [1.807, 2.05) is 6.92 Å². The molecule has 0 unspecified atom stereocenters. The van der Waals surface area contributed by atoms with Crippen molar-refractivity contribution in [2.75, 3.05) is 14.2 Å². The van der Waals surface area contributed by atoms with E-state index < -0.39 is 6.29 Å². The number of benzene rings is 1. The lowest BCUT2D eigenvalue weighted by atomic mass is 10.2. The summed E-state index contributed by atoms with van der Waals surface area (Å²) in [6.45, 7) is 2.19. The van der Waals surface area contributed by atoms with Gasteiger partial charge >= 0.3 is 0 Å². The van der Waals surface area contributed by atoms with Gasteiger partial charge in [0.05, 0.1) is 12.3 Å². The number of rotatable bonds is 5. The van der Waals surface area contributed by atoms with Gasteiger partial charge in [-0.15, -0.1) is 0 Å². The molecule has 0 spiro atoms. The second kappa shape index (κ2) is 6.83. The SMILES string of the molecule is COC(OC)C(C)=NCc1cc(F)ccc1Br. The number of ether oxygens (including phenoxy) is 2. The van der Waals surface area contributed by atoms with Crippen LogP contribution in [0.1, 0.15) is 12.5 Å². The first-order valence-electron chi connectivity index (χ1n) is 5.09. The Bertz CT molecular complexity index is 405. The van der Waals surface area contributed by atoms with Gasteiger partial charge in [0.1, 0.15) is 5.82 Å². The molecule has 0 aliphatic rings. The third-order valence-corrected chi connectivity index (χ3v) is 3.05. The van der Waals surface area contributed by atoms with E-state index in [4.69, 9.17) is 9.47 Å². The van der Waals surface area contributed by atoms with E-state index in [9.17, 15) is 4.39 Å². The van der Waals surface area contributed by atoms with Gasteiger partial charge in [0.2, 0.25) is 0 Å². The van der Waals surface area contributed by atoms with Gasteiger partial charge in [-0.2, -0.15) is 0 Å². The smallest absolute Gasteiger partial charge is 0.195 e. The number of hydrogen-bond acceptors (Lipinski definition) is 3. The van der Waals surface area contributed by atoms with Gasteiger partial charge < -0.3 is 9.47 Å². The molecule has 0 heterocycles. The molecule has 0 aliphatic heterocycles. The Labute approximate surface area is 109 Å². The van der Waals surface area contributed by atoms with Crippen LogP contribution in [0.5, 0.6) is 0 Å². The summed E-state index contributed by atoms with van der Waals surface area (Å²) in [6, 6.07) is 4.52. The van der Waals surface area contributed by atoms with E-state index in [-0.39, 0.29) is 5.82 Å². The van der Waals surface area contributed by atoms with Crippen LogP contribution in [0.4, 0.5) is 4.39 Å². The molecule has 0 atom stereocenters. The van der Waals surface area contributed by atoms with Crippen molar-refractivity contribution in [3.05, 3.63) is 34.1 Å². The maximum atomic E-state index is 13.0. The van der Waals surface area contributed by atoms with Crippen LogP contribution in [0.25, 0.3) is 0 Å². The minimum atomic E-state index is -0.456. The summed E-state index contributed by atoms with van der Waals surface area (Å²) in [6.07, 6.45) is -0.456. The predicted molar refractivity (Wildman–Crippen MR) is 68.7 cm³/mol. The number of halogens is 2. The Morgan fingerprint density at radius 3 is 2.65 bits per heavy atom. The number of hydrogen-bond donors (Lipinski definition) is 0. The zero-order valence-electron chi connectivity index (χ0n) is 10.0. The van der Waals surface area contributed by atoms with Crippen LogP contribution < -0.4 is 0 Å². The topological polar surface area (TPSA) is 30.8 Å². The van der Waals surface area contributed by atoms with Gasteiger partial charge in [0, 0.05) is 18.7 Å². The largest absolute Gasteiger partial charge is 0.351 e. The molecule has 0 saturated heterocycles. The summed E-state index contributed by atoms with van der Waals surface area (Å²) < 4.78 is 24.0. The van der Waals surface area contributed by atoms with Crippen LogP contribution in [0.2, 0.25) is 0 Å². The average Bonchev–Trinajstić information content (AvgIpc) is 2.32. The third kappa shape index (κ3) is 4.18. The second-order valence-electron chi connectivity index (χ2n) is 3.50. The molecule has 5 heteroatoms. The molecule has 0 bridgehead atoms. The van der Waals surface area contributed by atoms with Gasteiger partial charge in [-0.05, 0) is 30.7 Å². The molecule has 0 aliphatic carbocycles. The minimum absolute atomic E-state index is 0.272. The monoisotopic (exact) mass is 303 g/mol. The second-order valence-corrected chi connectivity index (χ2v) is 4.35. The van der Waals surface area contributed by atoms with Gasteiger partial charge in [-0.25, -0.2) is 4.39 Å². The van der Waals surface area contributed by atoms with Crippen LogP contribution in [0, 0.1) is 5.82 Å². The molecule has 0 fully saturated rings. The summed E-state index contributed by atoms with van der Waals surface area (Å²) in [4.78, 5) is 4.31. The summed E-state index contributed by atoms with van der Waals surface area (Å²) in [5, 5.41) is 0. The quantitative estimate of drug-likeness (QED) is 0.618. The van der Waals surface area contributed by atoms with Crippen molar-refractivity contribution in [1.82, 2.24) is 0 Å². The number of methoxy groups -OCH3 is 2. The molecule has 0 radical (unpaired) electrons. The van der Waals surface area contributed by atoms with Crippen LogP contribution in [-0.2, 0) is 16.0 Å². The Kier molecular flexibility index (Phi) is 5.74. The zero-order valence-corrected chi connectivity index (χ0v) is 11.6. The molecule has 0 amide bonds. The summed E-state index contributed by atoms with van der Waals surface area (Å²) in [5.74, 6) is -0.272. The highest BCUT2D eigenvalue weighted by molar-refractivity contribution is 9.10. The van der Waals surface area contributed by atoms with Gasteiger partial charge in [0.15, 0.2) is 6.29 Å². The van der Waals surface area contributed by atoms with Crippen molar-refractivity contribution < 1.29 is 13.9 Å². The van der Waals surface area contributed by atoms with E-state index in [0.717, 1.165) is 10.0 Å². The standard InChI is InChI=1S/C12H15BrFNO2/c1-8(12(16-2)17-3)15-7-9-6-10(14)4-5-11(9)13/h4-6,12H,7H2,1-3H3. The first-order valence-corrected chi connectivity index (χ1v) is 5.88. The first-order chi connectivity index (χ1) is 8.08. The molecule has 17 heavy (non-hydrogen) atoms. The van der Waals surface area contributed by atoms with E-state index >= 15 is 0 Å². The molecule has 94 valence electrons. The average molecular weight is 304 g/mol. The lowest BCUT2D eigenvalue weighted by molar-refractivity contribution is -0.0524. The predicted octanol–water partition coefficient (Wildman–Crippen LogP) is 3.17. The van der Waals surface area contributed by atoms with E-state index in [2.05, 4.69) is 20.9 Å². The van der Waals surface area contributed by atoms with Crippen LogP contribution >= 0.6 is 15.9 Å². The molecule has 0 aromatic heterocycles. The fourth-order valence-corrected chi connectivity index (χ4v) is 1.76. The number of aliphatic imine (C=N–C) groups is 1. The maximum Gasteiger partial charge on any atom is 0.195 e. The van der Waals surface area contributed by atoms with E-state index in [1.165, 1.54) is 12.1 Å². The maximum absolute atomic E-state index is 13.0. The Hall–Kier alpha value is -0.780. The fraction of sp³-hybridized carbons (Fsp3) is 0.417. The van der Waals surface area contributed by atoms with Crippen molar-refractivity contribution >= 4 is 21.6 Å². The zero-order chi connectivity index (χ0) is 12.8. The van der Waals surface area contributed by atoms with Crippen molar-refractivity contribution in [3.63, 3.8) is 0 Å². The first kappa shape index (κ1) is 14.3. The Balaban J connectivity index is 2.78. The molecular formula is C12H15BrFNO2. The summed E-state index contributed by atoms with van der Waals surface area (Å²) in [7, 11) is 3.09. The Morgan fingerprint density at radius 1 is 1.41 bits per heavy atom. The van der Waals surface area contributed by atoms with Gasteiger partial charge in [0.25, 0.3) is 0 Å². The molecule has 1 rings (SSSR count). The molecule has 1 aromatic carbocycles. The molecule has 0 saturated carbocycles. The lowest BCUT2D eigenvalue weighted by Gasteiger charge is -2.13. The van der Waals surface area contributed by atoms with Crippen molar-refractivity contribution in [1.29, 1.82) is 0 Å². The Morgan fingerprint density at radius 2 is 2.06 bits per heavy atom. The third-order valence-electron chi connectivity index (χ3n) is 2.28. The van der Waals surface area contributed by atoms with Crippen molar-refractivity contribution in [3.8, 4) is 0 Å². The van der Waals surface area contributed by atoms with Crippen LogP contribution in [0.3, 0.4) is 0 Å². The van der Waals surface area contributed by atoms with Crippen LogP contribution in [0.15, 0.2) is 27.7 Å². The summed E-state index contributed by atoms with van der Waals surface area (Å²) >= 11 is 3.35. The number of nitrogens with zero attached hydrogens (tertiary/aromatic N) is 1. The fourth-order valence-electron chi connectivity index (χ4n) is 1.39. The lowest BCUT2D eigenvalue weighted by Crippen LogP contribution is -2.22. The van der Waals surface area contributed by atoms with Gasteiger partial charge in [-0.3, -0.25) is 4.99 Å². The normalized spacial score (nSPS) is 12.2. The highest BCUT2D eigenvalue weighted by Crippen LogP contribution is 2.18. The molecule has 1 aromatic rings. The van der Waals surface area contributed by atoms with E-state index in [1.54, 1.807) is 20.3 Å².